The maximum absolute atomic E-state index is 12.0. The summed E-state index contributed by atoms with van der Waals surface area (Å²) in [4.78, 5) is 28.5. The van der Waals surface area contributed by atoms with Crippen LogP contribution >= 0.6 is 0 Å². The number of nitrogens with one attached hydrogen (secondary N) is 2. The first-order valence-electron chi connectivity index (χ1n) is 8.49. The van der Waals surface area contributed by atoms with Crippen LogP contribution in [-0.4, -0.2) is 40.2 Å². The molecule has 4 aromatic rings. The number of carbonyl (C=O) groups excluding carboxylic acids is 1. The molecule has 0 aliphatic carbocycles. The SMILES string of the molecule is Cc1nccn1-c1cc(Nc2ccc(NC(=O)Cn3cncn3)cc2)ncn1. The van der Waals surface area contributed by atoms with Crippen molar-refractivity contribution in [1.82, 2.24) is 34.3 Å². The van der Waals surface area contributed by atoms with Crippen molar-refractivity contribution in [2.75, 3.05) is 10.6 Å². The largest absolute Gasteiger partial charge is 0.340 e. The molecule has 3 heterocycles. The topological polar surface area (TPSA) is 115 Å². The summed E-state index contributed by atoms with van der Waals surface area (Å²) in [7, 11) is 0. The highest BCUT2D eigenvalue weighted by Gasteiger charge is 2.06. The molecule has 2 N–H and O–H groups in total. The number of imidazole rings is 1. The molecule has 0 aliphatic heterocycles. The fourth-order valence-corrected chi connectivity index (χ4v) is 2.61. The molecule has 1 aromatic carbocycles. The van der Waals surface area contributed by atoms with Crippen molar-refractivity contribution < 1.29 is 4.79 Å². The van der Waals surface area contributed by atoms with Crippen LogP contribution < -0.4 is 10.6 Å². The molecule has 0 spiro atoms. The number of hydrogen-bond donors (Lipinski definition) is 2. The van der Waals surface area contributed by atoms with E-state index >= 15 is 0 Å². The van der Waals surface area contributed by atoms with Crippen LogP contribution in [0.25, 0.3) is 5.82 Å². The van der Waals surface area contributed by atoms with Gasteiger partial charge in [0.2, 0.25) is 5.91 Å². The van der Waals surface area contributed by atoms with Gasteiger partial charge in [0, 0.05) is 29.8 Å². The molecule has 0 atom stereocenters. The van der Waals surface area contributed by atoms with Crippen LogP contribution in [-0.2, 0) is 11.3 Å². The summed E-state index contributed by atoms with van der Waals surface area (Å²) in [5.74, 6) is 2.04. The molecular formula is C18H17N9O. The lowest BCUT2D eigenvalue weighted by molar-refractivity contribution is -0.116. The van der Waals surface area contributed by atoms with Crippen molar-refractivity contribution in [3.8, 4) is 5.82 Å². The van der Waals surface area contributed by atoms with Gasteiger partial charge in [0.15, 0.2) is 0 Å². The number of amides is 1. The van der Waals surface area contributed by atoms with Crippen LogP contribution in [0.2, 0.25) is 0 Å². The Morgan fingerprint density at radius 1 is 1.07 bits per heavy atom. The lowest BCUT2D eigenvalue weighted by Crippen LogP contribution is -2.18. The van der Waals surface area contributed by atoms with Crippen molar-refractivity contribution in [1.29, 1.82) is 0 Å². The van der Waals surface area contributed by atoms with Crippen molar-refractivity contribution in [2.45, 2.75) is 13.5 Å². The fraction of sp³-hybridized carbons (Fsp3) is 0.111. The molecule has 0 fully saturated rings. The summed E-state index contributed by atoms with van der Waals surface area (Å²) in [5.41, 5.74) is 1.52. The highest BCUT2D eigenvalue weighted by atomic mass is 16.2. The van der Waals surface area contributed by atoms with Gasteiger partial charge in [-0.25, -0.2) is 24.6 Å². The van der Waals surface area contributed by atoms with Gasteiger partial charge in [0.25, 0.3) is 0 Å². The van der Waals surface area contributed by atoms with Gasteiger partial charge in [-0.1, -0.05) is 0 Å². The second-order valence-electron chi connectivity index (χ2n) is 5.95. The van der Waals surface area contributed by atoms with E-state index in [1.807, 2.05) is 48.0 Å². The molecule has 140 valence electrons. The predicted octanol–water partition coefficient (Wildman–Crippen LogP) is 1.94. The van der Waals surface area contributed by atoms with Gasteiger partial charge in [-0.2, -0.15) is 5.10 Å². The molecule has 1 amide bonds. The van der Waals surface area contributed by atoms with E-state index in [4.69, 9.17) is 0 Å². The number of hydrogen-bond acceptors (Lipinski definition) is 7. The summed E-state index contributed by atoms with van der Waals surface area (Å²) in [5, 5.41) is 9.94. The molecule has 0 unspecified atom stereocenters. The average Bonchev–Trinajstić information content (AvgIpc) is 3.35. The Morgan fingerprint density at radius 2 is 1.89 bits per heavy atom. The van der Waals surface area contributed by atoms with Crippen molar-refractivity contribution in [3.63, 3.8) is 0 Å². The highest BCUT2D eigenvalue weighted by Crippen LogP contribution is 2.19. The third kappa shape index (κ3) is 4.01. The molecule has 0 saturated carbocycles. The van der Waals surface area contributed by atoms with Gasteiger partial charge in [0.1, 0.15) is 43.0 Å². The Hall–Kier alpha value is -4.08. The first kappa shape index (κ1) is 17.3. The van der Waals surface area contributed by atoms with Crippen molar-refractivity contribution in [2.24, 2.45) is 0 Å². The molecular weight excluding hydrogens is 358 g/mol. The number of benzene rings is 1. The Labute approximate surface area is 160 Å². The van der Waals surface area contributed by atoms with E-state index in [1.165, 1.54) is 23.7 Å². The minimum absolute atomic E-state index is 0.109. The Balaban J connectivity index is 1.41. The molecule has 0 radical (unpaired) electrons. The molecule has 10 nitrogen and oxygen atoms in total. The van der Waals surface area contributed by atoms with E-state index in [0.29, 0.717) is 11.5 Å². The van der Waals surface area contributed by atoms with Gasteiger partial charge >= 0.3 is 0 Å². The molecule has 0 saturated heterocycles. The van der Waals surface area contributed by atoms with E-state index in [1.54, 1.807) is 6.20 Å². The smallest absolute Gasteiger partial charge is 0.246 e. The lowest BCUT2D eigenvalue weighted by atomic mass is 10.2. The molecule has 28 heavy (non-hydrogen) atoms. The monoisotopic (exact) mass is 375 g/mol. The summed E-state index contributed by atoms with van der Waals surface area (Å²) in [6.45, 7) is 2.02. The number of aromatic nitrogens is 7. The zero-order chi connectivity index (χ0) is 19.3. The van der Waals surface area contributed by atoms with Crippen LogP contribution in [0.1, 0.15) is 5.82 Å². The van der Waals surface area contributed by atoms with Crippen LogP contribution in [0, 0.1) is 6.92 Å². The van der Waals surface area contributed by atoms with Crippen LogP contribution in [0.15, 0.2) is 61.7 Å². The minimum Gasteiger partial charge on any atom is -0.340 e. The number of nitrogens with zero attached hydrogens (tertiary/aromatic N) is 7. The van der Waals surface area contributed by atoms with E-state index < -0.39 is 0 Å². The maximum Gasteiger partial charge on any atom is 0.246 e. The van der Waals surface area contributed by atoms with Crippen molar-refractivity contribution in [3.05, 3.63) is 67.5 Å². The highest BCUT2D eigenvalue weighted by molar-refractivity contribution is 5.90. The van der Waals surface area contributed by atoms with E-state index in [0.717, 1.165) is 17.3 Å². The number of anilines is 3. The third-order valence-electron chi connectivity index (χ3n) is 3.94. The van der Waals surface area contributed by atoms with Gasteiger partial charge in [-0.3, -0.25) is 9.36 Å². The molecule has 0 aliphatic rings. The van der Waals surface area contributed by atoms with Gasteiger partial charge in [-0.05, 0) is 31.2 Å². The summed E-state index contributed by atoms with van der Waals surface area (Å²) >= 11 is 0. The maximum atomic E-state index is 12.0. The van der Waals surface area contributed by atoms with Gasteiger partial charge in [0.05, 0.1) is 0 Å². The first-order valence-corrected chi connectivity index (χ1v) is 8.49. The van der Waals surface area contributed by atoms with Gasteiger partial charge < -0.3 is 10.6 Å². The fourth-order valence-electron chi connectivity index (χ4n) is 2.61. The third-order valence-corrected chi connectivity index (χ3v) is 3.94. The van der Waals surface area contributed by atoms with E-state index in [9.17, 15) is 4.79 Å². The van der Waals surface area contributed by atoms with Crippen LogP contribution in [0.4, 0.5) is 17.2 Å². The Bertz CT molecular complexity index is 1070. The second kappa shape index (κ2) is 7.66. The minimum atomic E-state index is -0.178. The zero-order valence-corrected chi connectivity index (χ0v) is 15.0. The normalized spacial score (nSPS) is 10.6. The molecule has 3 aromatic heterocycles. The molecule has 4 rings (SSSR count). The second-order valence-corrected chi connectivity index (χ2v) is 5.95. The van der Waals surface area contributed by atoms with Crippen LogP contribution in [0.3, 0.4) is 0 Å². The Kier molecular flexibility index (Phi) is 4.74. The summed E-state index contributed by atoms with van der Waals surface area (Å²) in [6, 6.07) is 9.17. The van der Waals surface area contributed by atoms with E-state index in [-0.39, 0.29) is 12.5 Å². The van der Waals surface area contributed by atoms with Gasteiger partial charge in [-0.15, -0.1) is 0 Å². The quantitative estimate of drug-likeness (QED) is 0.529. The first-order chi connectivity index (χ1) is 13.7. The van der Waals surface area contributed by atoms with E-state index in [2.05, 4.69) is 35.7 Å². The standard InChI is InChI=1S/C18H17N9O/c1-13-20-6-7-27(13)17-8-16(21-11-22-17)24-14-2-4-15(5-3-14)25-18(28)9-26-12-19-10-23-26/h2-8,10-12H,9H2,1H3,(H,25,28)(H,21,22,24). The van der Waals surface area contributed by atoms with Crippen molar-refractivity contribution >= 4 is 23.1 Å². The summed E-state index contributed by atoms with van der Waals surface area (Å²) < 4.78 is 3.33. The average molecular weight is 375 g/mol. The molecule has 0 bridgehead atoms. The Morgan fingerprint density at radius 3 is 2.61 bits per heavy atom. The molecule has 10 heteroatoms. The van der Waals surface area contributed by atoms with Crippen LogP contribution in [0.5, 0.6) is 0 Å². The lowest BCUT2D eigenvalue weighted by Gasteiger charge is -2.10. The predicted molar refractivity (Wildman–Crippen MR) is 102 cm³/mol. The number of rotatable bonds is 6. The number of carbonyl (C=O) groups is 1. The number of aryl methyl sites for hydroxylation is 1. The zero-order valence-electron chi connectivity index (χ0n) is 15.0. The summed E-state index contributed by atoms with van der Waals surface area (Å²) in [6.07, 6.45) is 7.95.